The molecule has 0 saturated carbocycles. The number of aromatic nitrogens is 5. The molecule has 0 aromatic carbocycles. The SMILES string of the molecule is Cn1nccc1CN1CCC[C@H](c2nc(N3CCOCC3)ncc2-c2ccncc2)C1. The highest BCUT2D eigenvalue weighted by Gasteiger charge is 2.27. The smallest absolute Gasteiger partial charge is 0.225 e. The van der Waals surface area contributed by atoms with Gasteiger partial charge in [-0.2, -0.15) is 5.10 Å². The van der Waals surface area contributed by atoms with E-state index in [2.05, 4.69) is 25.9 Å². The number of hydrogen-bond donors (Lipinski definition) is 0. The van der Waals surface area contributed by atoms with Crippen molar-refractivity contribution < 1.29 is 4.74 Å². The van der Waals surface area contributed by atoms with Gasteiger partial charge in [-0.05, 0) is 43.1 Å². The third kappa shape index (κ3) is 4.45. The number of hydrogen-bond acceptors (Lipinski definition) is 7. The second kappa shape index (κ2) is 9.11. The molecule has 0 unspecified atom stereocenters. The van der Waals surface area contributed by atoms with E-state index in [1.54, 1.807) is 0 Å². The van der Waals surface area contributed by atoms with Gasteiger partial charge in [0, 0.05) is 69.5 Å². The van der Waals surface area contributed by atoms with Gasteiger partial charge in [0.15, 0.2) is 0 Å². The fourth-order valence-electron chi connectivity index (χ4n) is 4.57. The van der Waals surface area contributed by atoms with E-state index in [9.17, 15) is 0 Å². The molecular weight excluding hydrogens is 390 g/mol. The number of aryl methyl sites for hydroxylation is 1. The summed E-state index contributed by atoms with van der Waals surface area (Å²) in [6, 6.07) is 6.20. The summed E-state index contributed by atoms with van der Waals surface area (Å²) in [5, 5.41) is 4.32. The van der Waals surface area contributed by atoms with Crippen LogP contribution in [-0.4, -0.2) is 69.0 Å². The van der Waals surface area contributed by atoms with Gasteiger partial charge in [-0.15, -0.1) is 0 Å². The first-order valence-corrected chi connectivity index (χ1v) is 11.1. The van der Waals surface area contributed by atoms with Crippen molar-refractivity contribution in [3.8, 4) is 11.1 Å². The Morgan fingerprint density at radius 3 is 2.68 bits per heavy atom. The Morgan fingerprint density at radius 2 is 1.90 bits per heavy atom. The van der Waals surface area contributed by atoms with Gasteiger partial charge in [0.1, 0.15) is 0 Å². The van der Waals surface area contributed by atoms with Crippen molar-refractivity contribution in [3.63, 3.8) is 0 Å². The minimum Gasteiger partial charge on any atom is -0.378 e. The molecule has 8 nitrogen and oxygen atoms in total. The van der Waals surface area contributed by atoms with Crippen LogP contribution in [0.5, 0.6) is 0 Å². The summed E-state index contributed by atoms with van der Waals surface area (Å²) in [4.78, 5) is 18.8. The number of ether oxygens (including phenoxy) is 1. The monoisotopic (exact) mass is 419 g/mol. The maximum atomic E-state index is 5.52. The molecule has 0 spiro atoms. The molecule has 0 N–H and O–H groups in total. The standard InChI is InChI=1S/C23H29N7O/c1-28-20(6-9-26-28)17-29-10-2-3-19(16-29)22-21(18-4-7-24-8-5-18)15-25-23(27-22)30-11-13-31-14-12-30/h4-9,15,19H,2-3,10-14,16-17H2,1H3/t19-/m0/s1. The summed E-state index contributed by atoms with van der Waals surface area (Å²) in [5.74, 6) is 1.19. The van der Waals surface area contributed by atoms with Gasteiger partial charge in [0.2, 0.25) is 5.95 Å². The molecule has 0 aliphatic carbocycles. The van der Waals surface area contributed by atoms with Gasteiger partial charge in [-0.25, -0.2) is 9.97 Å². The summed E-state index contributed by atoms with van der Waals surface area (Å²) in [6.07, 6.45) is 9.85. The van der Waals surface area contributed by atoms with Crippen molar-refractivity contribution in [2.45, 2.75) is 25.3 Å². The number of anilines is 1. The zero-order valence-electron chi connectivity index (χ0n) is 18.0. The van der Waals surface area contributed by atoms with Crippen LogP contribution < -0.4 is 4.90 Å². The molecule has 2 fully saturated rings. The van der Waals surface area contributed by atoms with E-state index in [1.807, 2.05) is 48.6 Å². The lowest BCUT2D eigenvalue weighted by atomic mass is 9.90. The maximum Gasteiger partial charge on any atom is 0.225 e. The molecule has 2 saturated heterocycles. The molecule has 3 aromatic rings. The molecule has 3 aromatic heterocycles. The molecule has 162 valence electrons. The molecule has 1 atom stereocenters. The quantitative estimate of drug-likeness (QED) is 0.629. The summed E-state index contributed by atoms with van der Waals surface area (Å²) < 4.78 is 7.48. The minimum atomic E-state index is 0.368. The minimum absolute atomic E-state index is 0.368. The zero-order valence-corrected chi connectivity index (χ0v) is 18.0. The van der Waals surface area contributed by atoms with Gasteiger partial charge in [0.25, 0.3) is 0 Å². The lowest BCUT2D eigenvalue weighted by Crippen LogP contribution is -2.38. The molecule has 5 rings (SSSR count). The second-order valence-corrected chi connectivity index (χ2v) is 8.32. The topological polar surface area (TPSA) is 72.2 Å². The molecule has 8 heteroatoms. The first-order chi connectivity index (χ1) is 15.3. The third-order valence-corrected chi connectivity index (χ3v) is 6.29. The first-order valence-electron chi connectivity index (χ1n) is 11.1. The molecule has 2 aliphatic heterocycles. The lowest BCUT2D eigenvalue weighted by molar-refractivity contribution is 0.122. The summed E-state index contributed by atoms with van der Waals surface area (Å²) in [7, 11) is 2.01. The Balaban J connectivity index is 1.45. The summed E-state index contributed by atoms with van der Waals surface area (Å²) in [6.45, 7) is 6.14. The Morgan fingerprint density at radius 1 is 1.06 bits per heavy atom. The van der Waals surface area contributed by atoms with Crippen molar-refractivity contribution in [2.24, 2.45) is 7.05 Å². The first kappa shape index (κ1) is 20.1. The Labute approximate surface area is 182 Å². The van der Waals surface area contributed by atoms with Gasteiger partial charge < -0.3 is 9.64 Å². The number of piperidine rings is 1. The van der Waals surface area contributed by atoms with E-state index >= 15 is 0 Å². The highest BCUT2D eigenvalue weighted by atomic mass is 16.5. The molecule has 31 heavy (non-hydrogen) atoms. The largest absolute Gasteiger partial charge is 0.378 e. The average molecular weight is 420 g/mol. The fraction of sp³-hybridized carbons (Fsp3) is 0.478. The molecular formula is C23H29N7O. The van der Waals surface area contributed by atoms with E-state index < -0.39 is 0 Å². The highest BCUT2D eigenvalue weighted by Crippen LogP contribution is 2.34. The molecule has 0 bridgehead atoms. The van der Waals surface area contributed by atoms with Crippen LogP contribution in [0.3, 0.4) is 0 Å². The van der Waals surface area contributed by atoms with Crippen molar-refractivity contribution >= 4 is 5.95 Å². The maximum absolute atomic E-state index is 5.52. The summed E-state index contributed by atoms with van der Waals surface area (Å²) >= 11 is 0. The predicted octanol–water partition coefficient (Wildman–Crippen LogP) is 2.49. The van der Waals surface area contributed by atoms with E-state index in [0.717, 1.165) is 81.5 Å². The van der Waals surface area contributed by atoms with Gasteiger partial charge in [-0.1, -0.05) is 0 Å². The Kier molecular flexibility index (Phi) is 5.90. The van der Waals surface area contributed by atoms with Gasteiger partial charge in [0.05, 0.1) is 24.6 Å². The molecule has 2 aliphatic rings. The number of nitrogens with zero attached hydrogens (tertiary/aromatic N) is 7. The highest BCUT2D eigenvalue weighted by molar-refractivity contribution is 5.66. The molecule has 5 heterocycles. The van der Waals surface area contributed by atoms with Gasteiger partial charge >= 0.3 is 0 Å². The van der Waals surface area contributed by atoms with E-state index in [-0.39, 0.29) is 0 Å². The number of likely N-dealkylation sites (tertiary alicyclic amines) is 1. The normalized spacial score (nSPS) is 20.2. The fourth-order valence-corrected chi connectivity index (χ4v) is 4.57. The van der Waals surface area contributed by atoms with Crippen LogP contribution in [0.15, 0.2) is 43.0 Å². The molecule has 0 amide bonds. The third-order valence-electron chi connectivity index (χ3n) is 6.29. The van der Waals surface area contributed by atoms with Crippen LogP contribution >= 0.6 is 0 Å². The van der Waals surface area contributed by atoms with Crippen molar-refractivity contribution in [2.75, 3.05) is 44.3 Å². The van der Waals surface area contributed by atoms with Crippen LogP contribution in [0.4, 0.5) is 5.95 Å². The number of pyridine rings is 1. The van der Waals surface area contributed by atoms with Crippen LogP contribution in [0.1, 0.15) is 30.1 Å². The van der Waals surface area contributed by atoms with Crippen molar-refractivity contribution in [1.82, 2.24) is 29.6 Å². The predicted molar refractivity (Wildman–Crippen MR) is 119 cm³/mol. The van der Waals surface area contributed by atoms with Gasteiger partial charge in [-0.3, -0.25) is 14.6 Å². The molecule has 0 radical (unpaired) electrons. The Hall–Kier alpha value is -2.84. The van der Waals surface area contributed by atoms with Crippen molar-refractivity contribution in [1.29, 1.82) is 0 Å². The van der Waals surface area contributed by atoms with Crippen LogP contribution in [0, 0.1) is 0 Å². The van der Waals surface area contributed by atoms with Crippen LogP contribution in [0.2, 0.25) is 0 Å². The second-order valence-electron chi connectivity index (χ2n) is 8.32. The lowest BCUT2D eigenvalue weighted by Gasteiger charge is -2.34. The van der Waals surface area contributed by atoms with E-state index in [4.69, 9.17) is 14.7 Å². The number of morpholine rings is 1. The van der Waals surface area contributed by atoms with E-state index in [0.29, 0.717) is 5.92 Å². The average Bonchev–Trinajstić information content (AvgIpc) is 3.24. The van der Waals surface area contributed by atoms with E-state index in [1.165, 1.54) is 5.69 Å². The van der Waals surface area contributed by atoms with Crippen LogP contribution in [-0.2, 0) is 18.3 Å². The van der Waals surface area contributed by atoms with Crippen molar-refractivity contribution in [3.05, 3.63) is 54.4 Å². The summed E-state index contributed by atoms with van der Waals surface area (Å²) in [5.41, 5.74) is 4.64. The zero-order chi connectivity index (χ0) is 21.0. The van der Waals surface area contributed by atoms with Crippen LogP contribution in [0.25, 0.3) is 11.1 Å². The number of rotatable bonds is 5. The Bertz CT molecular complexity index is 1000.